The molecule has 3 aromatic carbocycles. The Morgan fingerprint density at radius 1 is 0.946 bits per heavy atom. The number of rotatable bonds is 5. The van der Waals surface area contributed by atoms with Crippen molar-refractivity contribution in [2.45, 2.75) is 44.1 Å². The largest absolute Gasteiger partial charge is 0.320 e. The molecule has 188 valence electrons. The van der Waals surface area contributed by atoms with E-state index >= 15 is 0 Å². The molecule has 3 atom stereocenters. The van der Waals surface area contributed by atoms with Gasteiger partial charge in [-0.05, 0) is 87.4 Å². The lowest BCUT2D eigenvalue weighted by molar-refractivity contribution is 0.351. The molecule has 0 fully saturated rings. The van der Waals surface area contributed by atoms with Crippen LogP contribution in [-0.2, 0) is 5.54 Å². The molecule has 6 heteroatoms. The molecule has 37 heavy (non-hydrogen) atoms. The number of amidine groups is 1. The minimum Gasteiger partial charge on any atom is -0.320 e. The lowest BCUT2D eigenvalue weighted by Gasteiger charge is -2.37. The maximum atomic E-state index is 6.39. The monoisotopic (exact) mass is 547 g/mol. The number of hydrogen-bond donors (Lipinski definition) is 0. The van der Waals surface area contributed by atoms with Crippen LogP contribution in [0.25, 0.3) is 0 Å². The zero-order valence-electron chi connectivity index (χ0n) is 21.0. The van der Waals surface area contributed by atoms with Crippen LogP contribution in [0.1, 0.15) is 37.0 Å². The van der Waals surface area contributed by atoms with Crippen molar-refractivity contribution in [3.8, 4) is 0 Å². The number of alkyl halides is 1. The Hall–Kier alpha value is -2.85. The highest BCUT2D eigenvalue weighted by Gasteiger charge is 2.51. The Kier molecular flexibility index (Phi) is 7.31. The van der Waals surface area contributed by atoms with E-state index in [1.165, 1.54) is 5.56 Å². The molecule has 0 saturated carbocycles. The summed E-state index contributed by atoms with van der Waals surface area (Å²) < 4.78 is 0. The highest BCUT2D eigenvalue weighted by atomic mass is 35.5. The first-order valence-electron chi connectivity index (χ1n) is 12.3. The topological polar surface area (TPSA) is 28.0 Å². The van der Waals surface area contributed by atoms with Gasteiger partial charge in [0, 0.05) is 27.0 Å². The Balaban J connectivity index is 1.74. The maximum Gasteiger partial charge on any atom is 0.146 e. The predicted molar refractivity (Wildman–Crippen MR) is 158 cm³/mol. The first-order valence-corrected chi connectivity index (χ1v) is 13.5. The Bertz CT molecular complexity index is 1400. The summed E-state index contributed by atoms with van der Waals surface area (Å²) in [5, 5.41) is 1.36. The second-order valence-electron chi connectivity index (χ2n) is 9.53. The Morgan fingerprint density at radius 3 is 2.16 bits per heavy atom. The van der Waals surface area contributed by atoms with Gasteiger partial charge in [0.1, 0.15) is 11.4 Å². The molecule has 0 bridgehead atoms. The quantitative estimate of drug-likeness (QED) is 0.231. The van der Waals surface area contributed by atoms with E-state index in [2.05, 4.69) is 62.1 Å². The molecule has 0 spiro atoms. The predicted octanol–water partition coefficient (Wildman–Crippen LogP) is 8.89. The number of nitrogens with zero attached hydrogens (tertiary/aromatic N) is 3. The highest BCUT2D eigenvalue weighted by molar-refractivity contribution is 6.31. The van der Waals surface area contributed by atoms with Crippen molar-refractivity contribution in [1.82, 2.24) is 4.90 Å². The van der Waals surface area contributed by atoms with Crippen LogP contribution in [0.5, 0.6) is 0 Å². The Morgan fingerprint density at radius 2 is 1.57 bits per heavy atom. The molecule has 0 aromatic heterocycles. The van der Waals surface area contributed by atoms with Gasteiger partial charge in [-0.3, -0.25) is 4.99 Å². The van der Waals surface area contributed by atoms with E-state index in [1.807, 2.05) is 54.6 Å². The molecule has 3 unspecified atom stereocenters. The summed E-state index contributed by atoms with van der Waals surface area (Å²) in [5.74, 6) is 0.862. The van der Waals surface area contributed by atoms with Crippen LogP contribution in [0.4, 0.5) is 5.69 Å². The zero-order chi connectivity index (χ0) is 26.2. The molecular formula is C31H28Cl3N3. The van der Waals surface area contributed by atoms with Crippen molar-refractivity contribution in [3.63, 3.8) is 0 Å². The van der Waals surface area contributed by atoms with Gasteiger partial charge in [-0.15, -0.1) is 11.6 Å². The van der Waals surface area contributed by atoms with Gasteiger partial charge in [-0.1, -0.05) is 65.2 Å². The van der Waals surface area contributed by atoms with Crippen LogP contribution < -0.4 is 0 Å². The Labute approximate surface area is 233 Å². The highest BCUT2D eigenvalue weighted by Crippen LogP contribution is 2.44. The van der Waals surface area contributed by atoms with E-state index in [9.17, 15) is 0 Å². The second kappa shape index (κ2) is 10.5. The van der Waals surface area contributed by atoms with Crippen LogP contribution >= 0.6 is 34.8 Å². The van der Waals surface area contributed by atoms with Crippen LogP contribution in [0.2, 0.25) is 10.0 Å². The van der Waals surface area contributed by atoms with Gasteiger partial charge in [0.15, 0.2) is 0 Å². The number of halogens is 3. The van der Waals surface area contributed by atoms with Gasteiger partial charge in [0.2, 0.25) is 0 Å². The average molecular weight is 549 g/mol. The minimum absolute atomic E-state index is 0.0107. The summed E-state index contributed by atoms with van der Waals surface area (Å²) in [5.41, 5.74) is 5.32. The summed E-state index contributed by atoms with van der Waals surface area (Å²) in [6, 6.07) is 23.9. The van der Waals surface area contributed by atoms with Crippen molar-refractivity contribution in [3.05, 3.63) is 123 Å². The van der Waals surface area contributed by atoms with Gasteiger partial charge < -0.3 is 4.90 Å². The number of hydrogen-bond acceptors (Lipinski definition) is 3. The van der Waals surface area contributed by atoms with Gasteiger partial charge in [-0.2, -0.15) is 0 Å². The smallest absolute Gasteiger partial charge is 0.146 e. The fourth-order valence-electron chi connectivity index (χ4n) is 5.09. The van der Waals surface area contributed by atoms with Crippen LogP contribution in [0.3, 0.4) is 0 Å². The van der Waals surface area contributed by atoms with E-state index in [0.29, 0.717) is 10.0 Å². The molecule has 0 saturated heterocycles. The van der Waals surface area contributed by atoms with Crippen molar-refractivity contribution in [2.24, 2.45) is 9.98 Å². The number of aryl methyl sites for hydroxylation is 1. The van der Waals surface area contributed by atoms with Crippen molar-refractivity contribution in [2.75, 3.05) is 0 Å². The lowest BCUT2D eigenvalue weighted by atomic mass is 9.80. The third-order valence-electron chi connectivity index (χ3n) is 7.08. The molecule has 1 aliphatic carbocycles. The van der Waals surface area contributed by atoms with Gasteiger partial charge in [-0.25, -0.2) is 4.99 Å². The minimum atomic E-state index is -0.753. The van der Waals surface area contributed by atoms with Crippen molar-refractivity contribution >= 4 is 52.0 Å². The molecule has 0 radical (unpaired) electrons. The first-order chi connectivity index (χ1) is 17.8. The normalized spacial score (nSPS) is 23.7. The van der Waals surface area contributed by atoms with Gasteiger partial charge >= 0.3 is 0 Å². The molecule has 0 amide bonds. The number of benzene rings is 3. The first kappa shape index (κ1) is 25.8. The summed E-state index contributed by atoms with van der Waals surface area (Å²) >= 11 is 18.9. The summed E-state index contributed by atoms with van der Waals surface area (Å²) in [6.07, 6.45) is 7.07. The molecule has 3 nitrogen and oxygen atoms in total. The lowest BCUT2D eigenvalue weighted by Crippen LogP contribution is -2.47. The van der Waals surface area contributed by atoms with Crippen LogP contribution in [0.15, 0.2) is 107 Å². The second-order valence-corrected chi connectivity index (χ2v) is 11.0. The van der Waals surface area contributed by atoms with Crippen LogP contribution in [0, 0.1) is 6.92 Å². The van der Waals surface area contributed by atoms with Crippen molar-refractivity contribution < 1.29 is 0 Å². The fourth-order valence-corrected chi connectivity index (χ4v) is 5.51. The number of allylic oxidation sites excluding steroid dienone is 3. The van der Waals surface area contributed by atoms with Gasteiger partial charge in [0.05, 0.1) is 17.1 Å². The summed E-state index contributed by atoms with van der Waals surface area (Å²) in [6.45, 7) is 6.35. The SMILES string of the molecule is C/C(=N\c1ccc(C)cc1)C1(c2ccc(Cl)cc2)N=C(c2ccc(Cl)cc2)N(C2=CCC(Cl)C=C2)C1C. The maximum absolute atomic E-state index is 6.39. The van der Waals surface area contributed by atoms with E-state index in [0.717, 1.165) is 40.5 Å². The molecule has 1 aliphatic heterocycles. The third-order valence-corrected chi connectivity index (χ3v) is 7.91. The molecule has 1 heterocycles. The standard InChI is InChI=1S/C31H28Cl3N3/c1-20-4-16-28(17-5-20)35-21(2)31(24-8-12-26(33)13-9-24)22(3)37(29-18-14-27(34)15-19-29)30(36-31)23-6-10-25(32)11-7-23/h4-14,16-19,22,27H,15H2,1-3H3/b35-21+. The zero-order valence-corrected chi connectivity index (χ0v) is 23.3. The van der Waals surface area contributed by atoms with E-state index in [-0.39, 0.29) is 11.4 Å². The van der Waals surface area contributed by atoms with Gasteiger partial charge in [0.25, 0.3) is 0 Å². The molecule has 2 aliphatic rings. The summed E-state index contributed by atoms with van der Waals surface area (Å²) in [4.78, 5) is 12.9. The third kappa shape index (κ3) is 5.01. The molecule has 5 rings (SSSR count). The number of aliphatic imine (C=N–C) groups is 2. The average Bonchev–Trinajstić information content (AvgIpc) is 3.20. The fraction of sp³-hybridized carbons (Fsp3) is 0.226. The van der Waals surface area contributed by atoms with Crippen LogP contribution in [-0.4, -0.2) is 27.9 Å². The van der Waals surface area contributed by atoms with E-state index in [1.54, 1.807) is 0 Å². The van der Waals surface area contributed by atoms with Crippen molar-refractivity contribution in [1.29, 1.82) is 0 Å². The molecule has 0 N–H and O–H groups in total. The van der Waals surface area contributed by atoms with E-state index < -0.39 is 5.54 Å². The summed E-state index contributed by atoms with van der Waals surface area (Å²) in [7, 11) is 0. The molecular weight excluding hydrogens is 521 g/mol. The van der Waals surface area contributed by atoms with E-state index in [4.69, 9.17) is 44.8 Å². The molecule has 3 aromatic rings.